The normalized spacial score (nSPS) is 21.0. The van der Waals surface area contributed by atoms with Gasteiger partial charge >= 0.3 is 0 Å². The van der Waals surface area contributed by atoms with Crippen LogP contribution in [-0.4, -0.2) is 59.7 Å². The van der Waals surface area contributed by atoms with Crippen molar-refractivity contribution < 1.29 is 9.53 Å². The summed E-state index contributed by atoms with van der Waals surface area (Å²) in [4.78, 5) is 16.4. The van der Waals surface area contributed by atoms with Gasteiger partial charge in [0.05, 0.1) is 0 Å². The molecule has 1 atom stereocenters. The summed E-state index contributed by atoms with van der Waals surface area (Å²) in [6.07, 6.45) is 1.61. The first-order chi connectivity index (χ1) is 11.6. The molecule has 0 spiro atoms. The van der Waals surface area contributed by atoms with Crippen LogP contribution in [0.15, 0.2) is 18.2 Å². The molecule has 1 amide bonds. The van der Waals surface area contributed by atoms with E-state index >= 15 is 0 Å². The van der Waals surface area contributed by atoms with Crippen LogP contribution in [-0.2, 0) is 9.53 Å². The lowest BCUT2D eigenvalue weighted by Gasteiger charge is -2.37. The highest BCUT2D eigenvalue weighted by molar-refractivity contribution is 7.80. The molecule has 2 heterocycles. The van der Waals surface area contributed by atoms with Gasteiger partial charge in [-0.1, -0.05) is 12.1 Å². The molecule has 2 saturated heterocycles. The minimum absolute atomic E-state index is 0.139. The summed E-state index contributed by atoms with van der Waals surface area (Å²) in [6.45, 7) is 7.82. The number of hydrogen-bond acceptors (Lipinski definition) is 3. The first-order valence-corrected chi connectivity index (χ1v) is 8.99. The molecule has 0 aliphatic carbocycles. The third-order valence-electron chi connectivity index (χ3n) is 4.93. The number of thiocarbonyl (C=S) groups is 1. The lowest BCUT2D eigenvalue weighted by Crippen LogP contribution is -2.53. The van der Waals surface area contributed by atoms with Crippen LogP contribution < -0.4 is 5.32 Å². The maximum Gasteiger partial charge on any atom is 0.251 e. The van der Waals surface area contributed by atoms with E-state index in [0.29, 0.717) is 19.7 Å². The Morgan fingerprint density at radius 2 is 1.92 bits per heavy atom. The number of nitrogens with zero attached hydrogens (tertiary/aromatic N) is 2. The van der Waals surface area contributed by atoms with Gasteiger partial charge in [-0.05, 0) is 56.1 Å². The summed E-state index contributed by atoms with van der Waals surface area (Å²) in [7, 11) is 0. The van der Waals surface area contributed by atoms with E-state index in [0.717, 1.165) is 36.7 Å². The molecule has 1 aromatic rings. The molecule has 1 unspecified atom stereocenters. The predicted octanol–water partition coefficient (Wildman–Crippen LogP) is 2.32. The fraction of sp³-hybridized carbons (Fsp3) is 0.556. The quantitative estimate of drug-likeness (QED) is 0.832. The minimum Gasteiger partial charge on any atom is -0.368 e. The van der Waals surface area contributed by atoms with Gasteiger partial charge in [-0.25, -0.2) is 0 Å². The number of aryl methyl sites for hydroxylation is 1. The Balaban J connectivity index is 1.53. The highest BCUT2D eigenvalue weighted by atomic mass is 32.1. The van der Waals surface area contributed by atoms with Crippen molar-refractivity contribution in [2.24, 2.45) is 0 Å². The zero-order valence-electron chi connectivity index (χ0n) is 14.4. The van der Waals surface area contributed by atoms with Crippen LogP contribution in [0.3, 0.4) is 0 Å². The Morgan fingerprint density at radius 3 is 2.58 bits per heavy atom. The van der Waals surface area contributed by atoms with Crippen LogP contribution in [0.1, 0.15) is 24.0 Å². The summed E-state index contributed by atoms with van der Waals surface area (Å²) in [5, 5.41) is 4.08. The molecule has 24 heavy (non-hydrogen) atoms. The number of amides is 1. The van der Waals surface area contributed by atoms with E-state index in [1.54, 1.807) is 0 Å². The topological polar surface area (TPSA) is 44.8 Å². The number of piperazine rings is 1. The highest BCUT2D eigenvalue weighted by Gasteiger charge is 2.30. The molecule has 2 aliphatic rings. The summed E-state index contributed by atoms with van der Waals surface area (Å²) in [6, 6.07) is 6.18. The zero-order valence-corrected chi connectivity index (χ0v) is 15.2. The van der Waals surface area contributed by atoms with E-state index < -0.39 is 0 Å². The van der Waals surface area contributed by atoms with Gasteiger partial charge in [-0.15, -0.1) is 0 Å². The molecule has 3 rings (SSSR count). The predicted molar refractivity (Wildman–Crippen MR) is 99.3 cm³/mol. The first kappa shape index (κ1) is 17.2. The average Bonchev–Trinajstić information content (AvgIpc) is 3.13. The number of rotatable bonds is 2. The molecule has 130 valence electrons. The van der Waals surface area contributed by atoms with Gasteiger partial charge in [0, 0.05) is 38.5 Å². The minimum atomic E-state index is -0.225. The summed E-state index contributed by atoms with van der Waals surface area (Å²) < 4.78 is 5.50. The van der Waals surface area contributed by atoms with E-state index in [1.165, 1.54) is 11.1 Å². The molecule has 6 heteroatoms. The van der Waals surface area contributed by atoms with Crippen LogP contribution in [0.25, 0.3) is 0 Å². The number of ether oxygens (including phenoxy) is 1. The third-order valence-corrected chi connectivity index (χ3v) is 5.29. The zero-order chi connectivity index (χ0) is 17.1. The van der Waals surface area contributed by atoms with Crippen molar-refractivity contribution in [3.63, 3.8) is 0 Å². The van der Waals surface area contributed by atoms with Gasteiger partial charge < -0.3 is 19.9 Å². The van der Waals surface area contributed by atoms with Crippen molar-refractivity contribution in [3.05, 3.63) is 29.3 Å². The Kier molecular flexibility index (Phi) is 5.36. The average molecular weight is 347 g/mol. The van der Waals surface area contributed by atoms with Crippen LogP contribution in [0, 0.1) is 13.8 Å². The van der Waals surface area contributed by atoms with E-state index in [2.05, 4.69) is 30.1 Å². The Labute approximate surface area is 149 Å². The van der Waals surface area contributed by atoms with Crippen molar-refractivity contribution in [3.8, 4) is 0 Å². The van der Waals surface area contributed by atoms with E-state index in [-0.39, 0.29) is 12.0 Å². The molecule has 2 aliphatic heterocycles. The maximum absolute atomic E-state index is 12.4. The van der Waals surface area contributed by atoms with Crippen molar-refractivity contribution in [1.82, 2.24) is 9.80 Å². The lowest BCUT2D eigenvalue weighted by molar-refractivity contribution is -0.142. The van der Waals surface area contributed by atoms with Gasteiger partial charge in [0.1, 0.15) is 6.10 Å². The highest BCUT2D eigenvalue weighted by Crippen LogP contribution is 2.19. The number of carbonyl (C=O) groups excluding carboxylic acids is 1. The largest absolute Gasteiger partial charge is 0.368 e. The van der Waals surface area contributed by atoms with Gasteiger partial charge in [0.2, 0.25) is 0 Å². The molecule has 0 radical (unpaired) electrons. The van der Waals surface area contributed by atoms with Crippen molar-refractivity contribution in [1.29, 1.82) is 0 Å². The van der Waals surface area contributed by atoms with Crippen molar-refractivity contribution in [2.45, 2.75) is 32.8 Å². The SMILES string of the molecule is Cc1cccc(NC(=S)N2CCN(C(=O)C3CCCO3)CC2)c1C. The number of anilines is 1. The Hall–Kier alpha value is -1.66. The molecule has 0 bridgehead atoms. The number of nitrogens with one attached hydrogen (secondary N) is 1. The van der Waals surface area contributed by atoms with Gasteiger partial charge in [-0.3, -0.25) is 4.79 Å². The Morgan fingerprint density at radius 1 is 1.21 bits per heavy atom. The molecule has 0 aromatic heterocycles. The standard InChI is InChI=1S/C18H25N3O2S/c1-13-5-3-6-15(14(13)2)19-18(24)21-10-8-20(9-11-21)17(22)16-7-4-12-23-16/h3,5-6,16H,4,7-12H2,1-2H3,(H,19,24). The second-order valence-corrected chi connectivity index (χ2v) is 6.88. The van der Waals surface area contributed by atoms with Crippen LogP contribution >= 0.6 is 12.2 Å². The van der Waals surface area contributed by atoms with E-state index in [1.807, 2.05) is 17.0 Å². The molecule has 1 aromatic carbocycles. The van der Waals surface area contributed by atoms with Gasteiger partial charge in [-0.2, -0.15) is 0 Å². The lowest BCUT2D eigenvalue weighted by atomic mass is 10.1. The van der Waals surface area contributed by atoms with Gasteiger partial charge in [0.25, 0.3) is 5.91 Å². The second-order valence-electron chi connectivity index (χ2n) is 6.49. The monoisotopic (exact) mass is 347 g/mol. The number of hydrogen-bond donors (Lipinski definition) is 1. The van der Waals surface area contributed by atoms with E-state index in [9.17, 15) is 4.79 Å². The summed E-state index contributed by atoms with van der Waals surface area (Å²) in [5.74, 6) is 0.139. The second kappa shape index (κ2) is 7.49. The van der Waals surface area contributed by atoms with E-state index in [4.69, 9.17) is 17.0 Å². The fourth-order valence-corrected chi connectivity index (χ4v) is 3.48. The molecule has 2 fully saturated rings. The molecular weight excluding hydrogens is 322 g/mol. The summed E-state index contributed by atoms with van der Waals surface area (Å²) >= 11 is 5.56. The van der Waals surface area contributed by atoms with Crippen molar-refractivity contribution in [2.75, 3.05) is 38.1 Å². The van der Waals surface area contributed by atoms with Gasteiger partial charge in [0.15, 0.2) is 5.11 Å². The molecule has 1 N–H and O–H groups in total. The van der Waals surface area contributed by atoms with Crippen LogP contribution in [0.5, 0.6) is 0 Å². The Bertz CT molecular complexity index is 621. The number of carbonyl (C=O) groups is 1. The first-order valence-electron chi connectivity index (χ1n) is 8.59. The third kappa shape index (κ3) is 3.70. The molecule has 5 nitrogen and oxygen atoms in total. The fourth-order valence-electron chi connectivity index (χ4n) is 3.19. The summed E-state index contributed by atoms with van der Waals surface area (Å²) in [5.41, 5.74) is 3.51. The van der Waals surface area contributed by atoms with Crippen molar-refractivity contribution >= 4 is 28.9 Å². The number of benzene rings is 1. The smallest absolute Gasteiger partial charge is 0.251 e. The van der Waals surface area contributed by atoms with Crippen LogP contribution in [0.4, 0.5) is 5.69 Å². The molecular formula is C18H25N3O2S. The maximum atomic E-state index is 12.4. The molecule has 0 saturated carbocycles. The van der Waals surface area contributed by atoms with Crippen LogP contribution in [0.2, 0.25) is 0 Å².